The van der Waals surface area contributed by atoms with Gasteiger partial charge < -0.3 is 15.4 Å². The lowest BCUT2D eigenvalue weighted by Crippen LogP contribution is -2.46. The lowest BCUT2D eigenvalue weighted by atomic mass is 10.1. The molecule has 1 saturated heterocycles. The maximum Gasteiger partial charge on any atom is 0.191 e. The molecule has 1 aliphatic rings. The molecule has 1 aromatic carbocycles. The number of nitrogens with one attached hydrogen (secondary N) is 2. The molecule has 0 aliphatic carbocycles. The van der Waals surface area contributed by atoms with Crippen molar-refractivity contribution < 1.29 is 4.74 Å². The first-order chi connectivity index (χ1) is 14.1. The molecule has 1 aromatic heterocycles. The third-order valence-corrected chi connectivity index (χ3v) is 5.12. The van der Waals surface area contributed by atoms with E-state index in [-0.39, 0.29) is 0 Å². The number of aliphatic imine (C=N–C) groups is 1. The molecule has 29 heavy (non-hydrogen) atoms. The van der Waals surface area contributed by atoms with Crippen LogP contribution in [0.5, 0.6) is 0 Å². The van der Waals surface area contributed by atoms with Crippen molar-refractivity contribution in [2.24, 2.45) is 4.99 Å². The van der Waals surface area contributed by atoms with E-state index in [2.05, 4.69) is 63.7 Å². The summed E-state index contributed by atoms with van der Waals surface area (Å²) < 4.78 is 7.75. The van der Waals surface area contributed by atoms with Crippen LogP contribution in [0.4, 0.5) is 0 Å². The minimum atomic E-state index is 0.322. The van der Waals surface area contributed by atoms with Gasteiger partial charge in [-0.2, -0.15) is 5.10 Å². The van der Waals surface area contributed by atoms with Gasteiger partial charge in [-0.25, -0.2) is 0 Å². The zero-order valence-electron chi connectivity index (χ0n) is 17.8. The fourth-order valence-corrected chi connectivity index (χ4v) is 3.83. The number of hydrogen-bond donors (Lipinski definition) is 2. The van der Waals surface area contributed by atoms with Crippen molar-refractivity contribution >= 4 is 5.96 Å². The highest BCUT2D eigenvalue weighted by Gasteiger charge is 2.21. The maximum atomic E-state index is 5.80. The van der Waals surface area contributed by atoms with E-state index in [0.29, 0.717) is 12.2 Å². The van der Waals surface area contributed by atoms with E-state index in [4.69, 9.17) is 4.74 Å². The van der Waals surface area contributed by atoms with Crippen LogP contribution in [0.1, 0.15) is 31.4 Å². The molecule has 2 aromatic rings. The minimum absolute atomic E-state index is 0.322. The van der Waals surface area contributed by atoms with Crippen LogP contribution in [-0.2, 0) is 17.8 Å². The molecule has 0 spiro atoms. The van der Waals surface area contributed by atoms with Crippen molar-refractivity contribution in [1.29, 1.82) is 0 Å². The molecular weight excluding hydrogens is 364 g/mol. The van der Waals surface area contributed by atoms with Gasteiger partial charge >= 0.3 is 0 Å². The highest BCUT2D eigenvalue weighted by atomic mass is 16.5. The molecule has 0 radical (unpaired) electrons. The highest BCUT2D eigenvalue weighted by molar-refractivity contribution is 5.79. The number of guanidine groups is 1. The molecule has 2 heterocycles. The summed E-state index contributed by atoms with van der Waals surface area (Å²) in [6.45, 7) is 9.81. The average Bonchev–Trinajstić information content (AvgIpc) is 3.21. The molecule has 0 amide bonds. The first-order valence-corrected chi connectivity index (χ1v) is 10.5. The van der Waals surface area contributed by atoms with Crippen LogP contribution in [0.2, 0.25) is 0 Å². The van der Waals surface area contributed by atoms with Crippen LogP contribution in [0, 0.1) is 0 Å². The van der Waals surface area contributed by atoms with Crippen LogP contribution >= 0.6 is 0 Å². The standard InChI is InChI=1S/C22H34N6O/c1-18-15-27(16-19(2)29-18)12-6-10-24-22(23-3)25-14-20-8-4-5-9-21(20)17-28-13-7-11-26-28/h4-5,7-9,11,13,18-19H,6,10,12,14-17H2,1-3H3,(H2,23,24,25). The van der Waals surface area contributed by atoms with Crippen molar-refractivity contribution in [3.05, 3.63) is 53.9 Å². The van der Waals surface area contributed by atoms with E-state index in [0.717, 1.165) is 51.6 Å². The molecule has 2 atom stereocenters. The molecule has 7 heteroatoms. The Hall–Kier alpha value is -2.38. The van der Waals surface area contributed by atoms with E-state index in [1.54, 1.807) is 0 Å². The van der Waals surface area contributed by atoms with Crippen LogP contribution in [0.3, 0.4) is 0 Å². The molecule has 158 valence electrons. The van der Waals surface area contributed by atoms with Gasteiger partial charge in [0.25, 0.3) is 0 Å². The van der Waals surface area contributed by atoms with E-state index >= 15 is 0 Å². The van der Waals surface area contributed by atoms with E-state index in [1.807, 2.05) is 30.2 Å². The van der Waals surface area contributed by atoms with Gasteiger partial charge in [-0.15, -0.1) is 0 Å². The summed E-state index contributed by atoms with van der Waals surface area (Å²) in [7, 11) is 1.82. The van der Waals surface area contributed by atoms with Gasteiger partial charge in [0.1, 0.15) is 0 Å². The van der Waals surface area contributed by atoms with Crippen LogP contribution < -0.4 is 10.6 Å². The summed E-state index contributed by atoms with van der Waals surface area (Å²) >= 11 is 0. The molecule has 3 rings (SSSR count). The van der Waals surface area contributed by atoms with Crippen molar-refractivity contribution in [3.63, 3.8) is 0 Å². The predicted octanol–water partition coefficient (Wildman–Crippen LogP) is 2.10. The zero-order valence-corrected chi connectivity index (χ0v) is 17.8. The van der Waals surface area contributed by atoms with Crippen molar-refractivity contribution in [2.75, 3.05) is 33.2 Å². The van der Waals surface area contributed by atoms with Gasteiger partial charge in [0, 0.05) is 52.2 Å². The van der Waals surface area contributed by atoms with Gasteiger partial charge in [0.2, 0.25) is 0 Å². The summed E-state index contributed by atoms with van der Waals surface area (Å²) in [5, 5.41) is 11.2. The van der Waals surface area contributed by atoms with Gasteiger partial charge in [-0.1, -0.05) is 24.3 Å². The largest absolute Gasteiger partial charge is 0.373 e. The molecule has 2 unspecified atom stereocenters. The molecule has 1 aliphatic heterocycles. The van der Waals surface area contributed by atoms with Gasteiger partial charge in [-0.3, -0.25) is 14.6 Å². The maximum absolute atomic E-state index is 5.80. The lowest BCUT2D eigenvalue weighted by molar-refractivity contribution is -0.0679. The molecule has 0 saturated carbocycles. The lowest BCUT2D eigenvalue weighted by Gasteiger charge is -2.35. The van der Waals surface area contributed by atoms with Gasteiger partial charge in [-0.05, 0) is 37.5 Å². The summed E-state index contributed by atoms with van der Waals surface area (Å²) in [5.41, 5.74) is 2.51. The second kappa shape index (κ2) is 11.0. The Morgan fingerprint density at radius 2 is 1.90 bits per heavy atom. The number of hydrogen-bond acceptors (Lipinski definition) is 4. The SMILES string of the molecule is CN=C(NCCCN1CC(C)OC(C)C1)NCc1ccccc1Cn1cccn1. The third kappa shape index (κ3) is 6.87. The molecule has 2 N–H and O–H groups in total. The second-order valence-corrected chi connectivity index (χ2v) is 7.70. The fraction of sp³-hybridized carbons (Fsp3) is 0.545. The Kier molecular flexibility index (Phi) is 8.07. The van der Waals surface area contributed by atoms with E-state index in [9.17, 15) is 0 Å². The number of aromatic nitrogens is 2. The minimum Gasteiger partial charge on any atom is -0.373 e. The Morgan fingerprint density at radius 3 is 2.59 bits per heavy atom. The summed E-state index contributed by atoms with van der Waals surface area (Å²) in [6, 6.07) is 10.4. The molecule has 7 nitrogen and oxygen atoms in total. The third-order valence-electron chi connectivity index (χ3n) is 5.12. The number of ether oxygens (including phenoxy) is 1. The molecular formula is C22H34N6O. The smallest absolute Gasteiger partial charge is 0.191 e. The summed E-state index contributed by atoms with van der Waals surface area (Å²) in [5.74, 6) is 0.836. The van der Waals surface area contributed by atoms with Crippen molar-refractivity contribution in [3.8, 4) is 0 Å². The van der Waals surface area contributed by atoms with Gasteiger partial charge in [0.05, 0.1) is 18.8 Å². The Bertz CT molecular complexity index is 750. The Morgan fingerprint density at radius 1 is 1.14 bits per heavy atom. The van der Waals surface area contributed by atoms with Gasteiger partial charge in [0.15, 0.2) is 5.96 Å². The average molecular weight is 399 g/mol. The summed E-state index contributed by atoms with van der Waals surface area (Å²) in [6.07, 6.45) is 5.52. The zero-order chi connectivity index (χ0) is 20.5. The Labute approximate surface area is 174 Å². The number of rotatable bonds is 8. The van der Waals surface area contributed by atoms with Crippen LogP contribution in [0.25, 0.3) is 0 Å². The molecule has 0 bridgehead atoms. The normalized spacial score (nSPS) is 20.6. The van der Waals surface area contributed by atoms with Crippen molar-refractivity contribution in [1.82, 2.24) is 25.3 Å². The Balaban J connectivity index is 1.42. The summed E-state index contributed by atoms with van der Waals surface area (Å²) in [4.78, 5) is 6.85. The first-order valence-electron chi connectivity index (χ1n) is 10.5. The molecule has 1 fully saturated rings. The fourth-order valence-electron chi connectivity index (χ4n) is 3.83. The van der Waals surface area contributed by atoms with Crippen molar-refractivity contribution in [2.45, 2.75) is 45.6 Å². The first kappa shape index (κ1) is 21.3. The monoisotopic (exact) mass is 398 g/mol. The van der Waals surface area contributed by atoms with E-state index in [1.165, 1.54) is 11.1 Å². The number of nitrogens with zero attached hydrogens (tertiary/aromatic N) is 4. The highest BCUT2D eigenvalue weighted by Crippen LogP contribution is 2.11. The quantitative estimate of drug-likeness (QED) is 0.405. The van der Waals surface area contributed by atoms with Crippen LogP contribution in [0.15, 0.2) is 47.7 Å². The topological polar surface area (TPSA) is 66.7 Å². The van der Waals surface area contributed by atoms with E-state index < -0.39 is 0 Å². The number of benzene rings is 1. The van der Waals surface area contributed by atoms with Crippen LogP contribution in [-0.4, -0.2) is 66.1 Å². The second-order valence-electron chi connectivity index (χ2n) is 7.70. The predicted molar refractivity (Wildman–Crippen MR) is 117 cm³/mol. The number of morpholine rings is 1.